The molecule has 1 fully saturated rings. The first-order valence-corrected chi connectivity index (χ1v) is 9.51. The Hall–Kier alpha value is -3.43. The number of aryl methyl sites for hydroxylation is 1. The van der Waals surface area contributed by atoms with Crippen molar-refractivity contribution in [2.45, 2.75) is 44.6 Å². The molecule has 0 bridgehead atoms. The van der Waals surface area contributed by atoms with Crippen molar-refractivity contribution in [1.82, 2.24) is 20.1 Å². The van der Waals surface area contributed by atoms with Crippen molar-refractivity contribution in [1.29, 1.82) is 5.41 Å². The maximum atomic E-state index is 13.7. The molecule has 0 aliphatic heterocycles. The van der Waals surface area contributed by atoms with Crippen LogP contribution in [0.2, 0.25) is 0 Å². The molecule has 4 N–H and O–H groups in total. The lowest BCUT2D eigenvalue weighted by molar-refractivity contribution is 0.0304. The molecule has 4 rings (SSSR count). The van der Waals surface area contributed by atoms with Gasteiger partial charge in [-0.2, -0.15) is 13.8 Å². The van der Waals surface area contributed by atoms with E-state index >= 15 is 0 Å². The molecule has 8 nitrogen and oxygen atoms in total. The Bertz CT molecular complexity index is 956. The highest BCUT2D eigenvalue weighted by Gasteiger charge is 2.38. The lowest BCUT2D eigenvalue weighted by Gasteiger charge is -2.14. The molecule has 2 aromatic heterocycles. The molecule has 10 heteroatoms. The summed E-state index contributed by atoms with van der Waals surface area (Å²) in [6.07, 6.45) is 8.38. The van der Waals surface area contributed by atoms with E-state index in [1.165, 1.54) is 50.4 Å². The molecule has 0 amide bonds. The third-order valence-corrected chi connectivity index (χ3v) is 4.81. The Morgan fingerprint density at radius 2 is 1.87 bits per heavy atom. The van der Waals surface area contributed by atoms with Crippen LogP contribution in [0.1, 0.15) is 48.2 Å². The summed E-state index contributed by atoms with van der Waals surface area (Å²) >= 11 is 0. The van der Waals surface area contributed by atoms with Crippen molar-refractivity contribution in [3.63, 3.8) is 0 Å². The van der Waals surface area contributed by atoms with Crippen molar-refractivity contribution in [2.75, 3.05) is 11.1 Å². The number of anilines is 2. The number of nitrogen functional groups attached to an aromatic ring is 1. The molecule has 30 heavy (non-hydrogen) atoms. The quantitative estimate of drug-likeness (QED) is 0.539. The van der Waals surface area contributed by atoms with E-state index in [0.717, 1.165) is 12.0 Å². The number of benzene rings is 1. The number of alkyl halides is 2. The summed E-state index contributed by atoms with van der Waals surface area (Å²) in [5.74, 6) is -2.78. The zero-order valence-corrected chi connectivity index (χ0v) is 16.5. The average Bonchev–Trinajstić information content (AvgIpc) is 3.44. The fourth-order valence-corrected chi connectivity index (χ4v) is 3.13. The summed E-state index contributed by atoms with van der Waals surface area (Å²) in [5.41, 5.74) is 7.03. The van der Waals surface area contributed by atoms with Gasteiger partial charge < -0.3 is 21.0 Å². The second-order valence-corrected chi connectivity index (χ2v) is 6.99. The van der Waals surface area contributed by atoms with Gasteiger partial charge in [-0.05, 0) is 19.8 Å². The van der Waals surface area contributed by atoms with Gasteiger partial charge in [-0.15, -0.1) is 0 Å². The second kappa shape index (κ2) is 9.38. The molecule has 0 atom stereocenters. The van der Waals surface area contributed by atoms with E-state index in [9.17, 15) is 8.78 Å². The lowest BCUT2D eigenvalue weighted by atomic mass is 10.1. The lowest BCUT2D eigenvalue weighted by Crippen LogP contribution is -2.17. The summed E-state index contributed by atoms with van der Waals surface area (Å²) in [6.45, 7) is 1.83. The van der Waals surface area contributed by atoms with E-state index in [0.29, 0.717) is 23.2 Å². The van der Waals surface area contributed by atoms with E-state index in [4.69, 9.17) is 11.1 Å². The first kappa shape index (κ1) is 21.3. The summed E-state index contributed by atoms with van der Waals surface area (Å²) in [7, 11) is 0. The van der Waals surface area contributed by atoms with E-state index in [1.54, 1.807) is 12.1 Å². The van der Waals surface area contributed by atoms with Crippen LogP contribution in [-0.4, -0.2) is 32.4 Å². The van der Waals surface area contributed by atoms with Gasteiger partial charge in [0.15, 0.2) is 0 Å². The molecule has 0 radical (unpaired) electrons. The molecule has 3 aromatic rings. The Balaban J connectivity index is 0.000000171. The fourth-order valence-electron chi connectivity index (χ4n) is 3.13. The molecular formula is C20H23F2N7O. The largest absolute Gasteiger partial charge is 0.383 e. The molecule has 0 unspecified atom stereocenters. The van der Waals surface area contributed by atoms with Gasteiger partial charge in [0.25, 0.3) is 0 Å². The maximum Gasteiger partial charge on any atom is 0.335 e. The summed E-state index contributed by atoms with van der Waals surface area (Å²) < 4.78 is 31.6. The molecule has 1 aliphatic rings. The van der Waals surface area contributed by atoms with Crippen molar-refractivity contribution >= 4 is 17.9 Å². The van der Waals surface area contributed by atoms with Crippen LogP contribution >= 0.6 is 0 Å². The van der Waals surface area contributed by atoms with Gasteiger partial charge in [0.05, 0.1) is 5.56 Å². The smallest absolute Gasteiger partial charge is 0.335 e. The van der Waals surface area contributed by atoms with Gasteiger partial charge in [-0.25, -0.2) is 9.97 Å². The highest BCUT2D eigenvalue weighted by Crippen LogP contribution is 2.33. The molecule has 1 aliphatic carbocycles. The summed E-state index contributed by atoms with van der Waals surface area (Å²) in [5, 5.41) is 13.7. The number of hydrogen-bond acceptors (Lipinski definition) is 8. The first-order chi connectivity index (χ1) is 14.4. The van der Waals surface area contributed by atoms with Gasteiger partial charge in [0.1, 0.15) is 18.0 Å². The molecule has 1 saturated carbocycles. The van der Waals surface area contributed by atoms with Crippen LogP contribution in [0.4, 0.5) is 20.4 Å². The first-order valence-electron chi connectivity index (χ1n) is 9.51. The molecular weight excluding hydrogens is 392 g/mol. The number of hydrogen-bond donors (Lipinski definition) is 3. The van der Waals surface area contributed by atoms with Crippen LogP contribution in [-0.2, 0) is 5.92 Å². The van der Waals surface area contributed by atoms with E-state index in [1.807, 2.05) is 6.92 Å². The van der Waals surface area contributed by atoms with E-state index in [2.05, 4.69) is 29.9 Å². The standard InChI is InChI=1S/C10H8F2N2O.C10H15N5/c1-7-2-4-8(5-3-7)10(11,12)9-13-6-15-14-9;11-5-8-9(12)13-6-14-10(8)15-7-3-1-2-4-7/h2-6H,1H3;5-7,11H,1-4H2,(H3,12,13,14,15). The van der Waals surface area contributed by atoms with Gasteiger partial charge in [0, 0.05) is 17.8 Å². The van der Waals surface area contributed by atoms with Gasteiger partial charge in [-0.1, -0.05) is 47.8 Å². The van der Waals surface area contributed by atoms with Crippen LogP contribution in [0.5, 0.6) is 0 Å². The minimum Gasteiger partial charge on any atom is -0.383 e. The Kier molecular flexibility index (Phi) is 6.65. The van der Waals surface area contributed by atoms with Gasteiger partial charge >= 0.3 is 5.92 Å². The Morgan fingerprint density at radius 1 is 1.17 bits per heavy atom. The summed E-state index contributed by atoms with van der Waals surface area (Å²) in [6, 6.07) is 6.40. The van der Waals surface area contributed by atoms with Crippen molar-refractivity contribution in [3.8, 4) is 0 Å². The number of rotatable bonds is 5. The Morgan fingerprint density at radius 3 is 2.47 bits per heavy atom. The van der Waals surface area contributed by atoms with Crippen LogP contribution < -0.4 is 11.1 Å². The molecule has 2 heterocycles. The average molecular weight is 415 g/mol. The van der Waals surface area contributed by atoms with Crippen molar-refractivity contribution in [2.24, 2.45) is 0 Å². The molecule has 158 valence electrons. The molecule has 1 aromatic carbocycles. The van der Waals surface area contributed by atoms with Crippen molar-refractivity contribution < 1.29 is 13.3 Å². The number of aromatic nitrogens is 4. The topological polar surface area (TPSA) is 127 Å². The van der Waals surface area contributed by atoms with Crippen LogP contribution in [0.15, 0.2) is 41.5 Å². The SMILES string of the molecule is Cc1ccc(C(F)(F)c2ncon2)cc1.N=Cc1c(N)ncnc1NC1CCCC1. The predicted molar refractivity (Wildman–Crippen MR) is 109 cm³/mol. The minimum atomic E-state index is -3.21. The van der Waals surface area contributed by atoms with Crippen LogP contribution in [0.25, 0.3) is 0 Å². The predicted octanol–water partition coefficient (Wildman–Crippen LogP) is 3.93. The molecule has 0 saturated heterocycles. The number of nitrogens with one attached hydrogen (secondary N) is 2. The zero-order valence-electron chi connectivity index (χ0n) is 16.5. The van der Waals surface area contributed by atoms with Gasteiger partial charge in [0.2, 0.25) is 12.2 Å². The maximum absolute atomic E-state index is 13.7. The minimum absolute atomic E-state index is 0.144. The van der Waals surface area contributed by atoms with Crippen LogP contribution in [0, 0.1) is 12.3 Å². The highest BCUT2D eigenvalue weighted by atomic mass is 19.3. The van der Waals surface area contributed by atoms with E-state index < -0.39 is 11.7 Å². The molecule has 0 spiro atoms. The normalized spacial score (nSPS) is 14.1. The Labute approximate surface area is 172 Å². The zero-order chi connectivity index (χ0) is 21.6. The fraction of sp³-hybridized carbons (Fsp3) is 0.350. The van der Waals surface area contributed by atoms with Crippen LogP contribution in [0.3, 0.4) is 0 Å². The number of nitrogens with zero attached hydrogens (tertiary/aromatic N) is 4. The third-order valence-electron chi connectivity index (χ3n) is 4.81. The van der Waals surface area contributed by atoms with Gasteiger partial charge in [-0.3, -0.25) is 0 Å². The third kappa shape index (κ3) is 4.94. The van der Waals surface area contributed by atoms with E-state index in [-0.39, 0.29) is 5.56 Å². The van der Waals surface area contributed by atoms with Crippen molar-refractivity contribution in [3.05, 3.63) is 59.5 Å². The number of nitrogens with two attached hydrogens (primary N) is 1. The monoisotopic (exact) mass is 415 g/mol. The number of halogens is 2. The second-order valence-electron chi connectivity index (χ2n) is 6.99. The highest BCUT2D eigenvalue weighted by molar-refractivity contribution is 5.89. The summed E-state index contributed by atoms with van der Waals surface area (Å²) in [4.78, 5) is 11.3.